The van der Waals surface area contributed by atoms with Crippen LogP contribution in [0.1, 0.15) is 10.4 Å². The fourth-order valence-corrected chi connectivity index (χ4v) is 3.45. The van der Waals surface area contributed by atoms with Crippen molar-refractivity contribution in [2.45, 2.75) is 11.4 Å². The van der Waals surface area contributed by atoms with E-state index in [1.165, 1.54) is 31.4 Å². The second-order valence-corrected chi connectivity index (χ2v) is 7.32. The molecular weight excluding hydrogens is 372 g/mol. The first-order valence-electron chi connectivity index (χ1n) is 7.93. The topological polar surface area (TPSA) is 120 Å². The summed E-state index contributed by atoms with van der Waals surface area (Å²) in [5, 5.41) is 8.16. The fraction of sp³-hybridized carbons (Fsp3) is 0.176. The van der Waals surface area contributed by atoms with Gasteiger partial charge in [0.05, 0.1) is 29.5 Å². The molecule has 1 heterocycles. The van der Waals surface area contributed by atoms with Gasteiger partial charge in [0.1, 0.15) is 5.52 Å². The standard InChI is InChI=1S/C17H16N4O5S/c1-26-17(23)12-6-8-13(9-7-12)27(24,25)18-10-11-21-16(22)14-4-2-3-5-15(14)19-20-21/h2-9,18H,10-11H2,1H3. The summed E-state index contributed by atoms with van der Waals surface area (Å²) in [5.41, 5.74) is 0.377. The Morgan fingerprint density at radius 3 is 2.56 bits per heavy atom. The van der Waals surface area contributed by atoms with Gasteiger partial charge >= 0.3 is 5.97 Å². The van der Waals surface area contributed by atoms with Crippen molar-refractivity contribution in [2.24, 2.45) is 0 Å². The van der Waals surface area contributed by atoms with Crippen LogP contribution >= 0.6 is 0 Å². The summed E-state index contributed by atoms with van der Waals surface area (Å²) in [6, 6.07) is 12.1. The van der Waals surface area contributed by atoms with Crippen molar-refractivity contribution >= 4 is 26.9 Å². The molecule has 0 atom stereocenters. The number of esters is 1. The monoisotopic (exact) mass is 388 g/mol. The molecule has 1 aromatic heterocycles. The minimum atomic E-state index is -3.80. The summed E-state index contributed by atoms with van der Waals surface area (Å²) >= 11 is 0. The lowest BCUT2D eigenvalue weighted by molar-refractivity contribution is 0.0600. The van der Waals surface area contributed by atoms with E-state index in [1.54, 1.807) is 24.3 Å². The summed E-state index contributed by atoms with van der Waals surface area (Å²) in [6.07, 6.45) is 0. The molecule has 0 bridgehead atoms. The SMILES string of the molecule is COC(=O)c1ccc(S(=O)(=O)NCCn2nnc3ccccc3c2=O)cc1. The number of benzene rings is 2. The van der Waals surface area contributed by atoms with E-state index >= 15 is 0 Å². The highest BCUT2D eigenvalue weighted by Crippen LogP contribution is 2.11. The first-order chi connectivity index (χ1) is 12.9. The van der Waals surface area contributed by atoms with Gasteiger partial charge in [-0.1, -0.05) is 17.3 Å². The Labute approximate surface area is 154 Å². The summed E-state index contributed by atoms with van der Waals surface area (Å²) in [5.74, 6) is -0.554. The number of hydrogen-bond acceptors (Lipinski definition) is 7. The number of carbonyl (C=O) groups excluding carboxylic acids is 1. The molecule has 0 unspecified atom stereocenters. The van der Waals surface area contributed by atoms with Gasteiger partial charge in [0.2, 0.25) is 10.0 Å². The van der Waals surface area contributed by atoms with Gasteiger partial charge in [0.15, 0.2) is 0 Å². The molecule has 0 fully saturated rings. The predicted octanol–water partition coefficient (Wildman–Crippen LogP) is 0.557. The van der Waals surface area contributed by atoms with Crippen LogP contribution in [0.5, 0.6) is 0 Å². The van der Waals surface area contributed by atoms with Crippen LogP contribution in [0.4, 0.5) is 0 Å². The first kappa shape index (κ1) is 18.7. The average molecular weight is 388 g/mol. The van der Waals surface area contributed by atoms with Gasteiger partial charge in [-0.2, -0.15) is 0 Å². The van der Waals surface area contributed by atoms with Crippen molar-refractivity contribution in [1.82, 2.24) is 19.7 Å². The van der Waals surface area contributed by atoms with E-state index in [0.29, 0.717) is 10.9 Å². The van der Waals surface area contributed by atoms with Gasteiger partial charge in [-0.3, -0.25) is 4.79 Å². The van der Waals surface area contributed by atoms with Crippen molar-refractivity contribution in [3.63, 3.8) is 0 Å². The number of sulfonamides is 1. The molecule has 9 nitrogen and oxygen atoms in total. The number of methoxy groups -OCH3 is 1. The Bertz CT molecular complexity index is 1140. The molecule has 0 aliphatic rings. The van der Waals surface area contributed by atoms with E-state index in [-0.39, 0.29) is 29.1 Å². The van der Waals surface area contributed by atoms with Crippen LogP contribution in [-0.2, 0) is 21.3 Å². The van der Waals surface area contributed by atoms with Crippen molar-refractivity contribution in [2.75, 3.05) is 13.7 Å². The van der Waals surface area contributed by atoms with Gasteiger partial charge < -0.3 is 4.74 Å². The lowest BCUT2D eigenvalue weighted by Gasteiger charge is -2.08. The summed E-state index contributed by atoms with van der Waals surface area (Å²) < 4.78 is 32.7. The third kappa shape index (κ3) is 4.01. The van der Waals surface area contributed by atoms with Gasteiger partial charge in [-0.05, 0) is 36.4 Å². The zero-order valence-corrected chi connectivity index (χ0v) is 15.1. The third-order valence-corrected chi connectivity index (χ3v) is 5.31. The zero-order valence-electron chi connectivity index (χ0n) is 14.3. The van der Waals surface area contributed by atoms with Crippen LogP contribution < -0.4 is 10.3 Å². The van der Waals surface area contributed by atoms with Gasteiger partial charge in [-0.25, -0.2) is 22.6 Å². The van der Waals surface area contributed by atoms with Gasteiger partial charge in [-0.15, -0.1) is 5.10 Å². The Morgan fingerprint density at radius 1 is 1.15 bits per heavy atom. The molecule has 0 aliphatic carbocycles. The van der Waals surface area contributed by atoms with Crippen molar-refractivity contribution in [3.05, 3.63) is 64.4 Å². The molecule has 0 saturated carbocycles. The maximum Gasteiger partial charge on any atom is 0.337 e. The Balaban J connectivity index is 1.70. The molecule has 0 amide bonds. The zero-order chi connectivity index (χ0) is 19.4. The molecule has 140 valence electrons. The fourth-order valence-electron chi connectivity index (χ4n) is 2.43. The lowest BCUT2D eigenvalue weighted by Crippen LogP contribution is -2.32. The highest BCUT2D eigenvalue weighted by Gasteiger charge is 2.15. The Kier molecular flexibility index (Phi) is 5.28. The highest BCUT2D eigenvalue weighted by atomic mass is 32.2. The third-order valence-electron chi connectivity index (χ3n) is 3.83. The number of hydrogen-bond donors (Lipinski definition) is 1. The molecular formula is C17H16N4O5S. The molecule has 0 aliphatic heterocycles. The Hall–Kier alpha value is -3.11. The van der Waals surface area contributed by atoms with Gasteiger partial charge in [0, 0.05) is 6.54 Å². The molecule has 3 aromatic rings. The largest absolute Gasteiger partial charge is 0.465 e. The van der Waals surface area contributed by atoms with Crippen LogP contribution in [0.25, 0.3) is 10.9 Å². The molecule has 1 N–H and O–H groups in total. The van der Waals surface area contributed by atoms with Crippen molar-refractivity contribution in [3.8, 4) is 0 Å². The maximum atomic E-state index is 12.3. The van der Waals surface area contributed by atoms with Crippen LogP contribution in [0.15, 0.2) is 58.2 Å². The number of nitrogens with one attached hydrogen (secondary N) is 1. The number of fused-ring (bicyclic) bond motifs is 1. The number of ether oxygens (including phenoxy) is 1. The second-order valence-electron chi connectivity index (χ2n) is 5.55. The quantitative estimate of drug-likeness (QED) is 0.613. The normalized spacial score (nSPS) is 11.4. The highest BCUT2D eigenvalue weighted by molar-refractivity contribution is 7.89. The minimum Gasteiger partial charge on any atom is -0.465 e. The van der Waals surface area contributed by atoms with Crippen molar-refractivity contribution in [1.29, 1.82) is 0 Å². The molecule has 0 saturated heterocycles. The van der Waals surface area contributed by atoms with E-state index in [2.05, 4.69) is 19.8 Å². The molecule has 3 rings (SSSR count). The lowest BCUT2D eigenvalue weighted by atomic mass is 10.2. The molecule has 10 heteroatoms. The first-order valence-corrected chi connectivity index (χ1v) is 9.41. The van der Waals surface area contributed by atoms with Crippen LogP contribution in [0.3, 0.4) is 0 Å². The Morgan fingerprint density at radius 2 is 1.85 bits per heavy atom. The smallest absolute Gasteiger partial charge is 0.337 e. The minimum absolute atomic E-state index is 0.00732. The molecule has 0 spiro atoms. The molecule has 2 aromatic carbocycles. The molecule has 0 radical (unpaired) electrons. The summed E-state index contributed by atoms with van der Waals surface area (Å²) in [7, 11) is -2.56. The van der Waals surface area contributed by atoms with Crippen LogP contribution in [-0.4, -0.2) is 43.0 Å². The van der Waals surface area contributed by atoms with Gasteiger partial charge in [0.25, 0.3) is 5.56 Å². The summed E-state index contributed by atoms with van der Waals surface area (Å²) in [4.78, 5) is 23.7. The molecule has 27 heavy (non-hydrogen) atoms. The van der Waals surface area contributed by atoms with Crippen molar-refractivity contribution < 1.29 is 17.9 Å². The second kappa shape index (κ2) is 7.64. The van der Waals surface area contributed by atoms with E-state index in [9.17, 15) is 18.0 Å². The van der Waals surface area contributed by atoms with E-state index in [1.807, 2.05) is 0 Å². The van der Waals surface area contributed by atoms with Crippen LogP contribution in [0.2, 0.25) is 0 Å². The average Bonchev–Trinajstić information content (AvgIpc) is 2.69. The number of nitrogens with zero attached hydrogens (tertiary/aromatic N) is 3. The van der Waals surface area contributed by atoms with E-state index < -0.39 is 16.0 Å². The maximum absolute atomic E-state index is 12.3. The summed E-state index contributed by atoms with van der Waals surface area (Å²) in [6.45, 7) is -0.0237. The van der Waals surface area contributed by atoms with Crippen LogP contribution in [0, 0.1) is 0 Å². The number of aromatic nitrogens is 3. The number of rotatable bonds is 6. The number of carbonyl (C=O) groups is 1. The predicted molar refractivity (Wildman–Crippen MR) is 96.8 cm³/mol. The van der Waals surface area contributed by atoms with E-state index in [4.69, 9.17) is 0 Å². The van der Waals surface area contributed by atoms with E-state index in [0.717, 1.165) is 4.68 Å².